The number of morpholine rings is 1. The molecule has 124 valence electrons. The maximum absolute atomic E-state index is 11.5. The zero-order valence-corrected chi connectivity index (χ0v) is 13.6. The summed E-state index contributed by atoms with van der Waals surface area (Å²) in [5.74, 6) is 2.22. The molecule has 6 nitrogen and oxygen atoms in total. The van der Waals surface area contributed by atoms with E-state index in [2.05, 4.69) is 16.6 Å². The molecule has 0 radical (unpaired) electrons. The molecule has 23 heavy (non-hydrogen) atoms. The Morgan fingerprint density at radius 2 is 2.13 bits per heavy atom. The number of furan rings is 2. The lowest BCUT2D eigenvalue weighted by atomic mass is 10.1. The van der Waals surface area contributed by atoms with Gasteiger partial charge in [0.05, 0.1) is 19.8 Å². The van der Waals surface area contributed by atoms with Crippen LogP contribution in [0.2, 0.25) is 0 Å². The van der Waals surface area contributed by atoms with Crippen molar-refractivity contribution in [2.75, 3.05) is 26.8 Å². The summed E-state index contributed by atoms with van der Waals surface area (Å²) in [6, 6.07) is 7.40. The maximum atomic E-state index is 11.5. The predicted octanol–water partition coefficient (Wildman–Crippen LogP) is 3.10. The fraction of sp³-hybridized carbons (Fsp3) is 0.471. The highest BCUT2D eigenvalue weighted by Gasteiger charge is 2.29. The van der Waals surface area contributed by atoms with E-state index in [-0.39, 0.29) is 17.9 Å². The van der Waals surface area contributed by atoms with E-state index in [1.165, 1.54) is 7.11 Å². The first kappa shape index (κ1) is 15.8. The Bertz CT molecular complexity index is 674. The van der Waals surface area contributed by atoms with Crippen molar-refractivity contribution in [1.82, 2.24) is 4.90 Å². The highest BCUT2D eigenvalue weighted by molar-refractivity contribution is 5.86. The molecule has 0 aliphatic carbocycles. The van der Waals surface area contributed by atoms with Crippen molar-refractivity contribution >= 4 is 5.97 Å². The van der Waals surface area contributed by atoms with Crippen LogP contribution in [0.3, 0.4) is 0 Å². The first-order valence-corrected chi connectivity index (χ1v) is 7.68. The fourth-order valence-electron chi connectivity index (χ4n) is 2.79. The highest BCUT2D eigenvalue weighted by atomic mass is 16.5. The smallest absolute Gasteiger partial charge is 0.373 e. The predicted molar refractivity (Wildman–Crippen MR) is 82.2 cm³/mol. The fourth-order valence-corrected chi connectivity index (χ4v) is 2.79. The van der Waals surface area contributed by atoms with Gasteiger partial charge in [-0.3, -0.25) is 4.90 Å². The van der Waals surface area contributed by atoms with Crippen LogP contribution in [0.25, 0.3) is 0 Å². The number of nitrogens with zero attached hydrogens (tertiary/aromatic N) is 1. The molecule has 0 amide bonds. The van der Waals surface area contributed by atoms with Crippen molar-refractivity contribution < 1.29 is 23.1 Å². The minimum absolute atomic E-state index is 0.0378. The van der Waals surface area contributed by atoms with Crippen LogP contribution < -0.4 is 0 Å². The van der Waals surface area contributed by atoms with E-state index in [1.807, 2.05) is 25.1 Å². The molecule has 0 N–H and O–H groups in total. The molecule has 0 aromatic carbocycles. The van der Waals surface area contributed by atoms with Crippen molar-refractivity contribution in [2.45, 2.75) is 26.0 Å². The normalized spacial score (nSPS) is 20.4. The van der Waals surface area contributed by atoms with Crippen LogP contribution in [0.4, 0.5) is 0 Å². The van der Waals surface area contributed by atoms with E-state index in [1.54, 1.807) is 6.07 Å². The lowest BCUT2D eigenvalue weighted by Crippen LogP contribution is -2.39. The van der Waals surface area contributed by atoms with Gasteiger partial charge in [-0.25, -0.2) is 4.79 Å². The van der Waals surface area contributed by atoms with Gasteiger partial charge in [0.25, 0.3) is 0 Å². The lowest BCUT2D eigenvalue weighted by Gasteiger charge is -2.35. The van der Waals surface area contributed by atoms with Crippen LogP contribution in [-0.2, 0) is 9.47 Å². The zero-order chi connectivity index (χ0) is 16.4. The van der Waals surface area contributed by atoms with Crippen LogP contribution in [-0.4, -0.2) is 37.7 Å². The minimum Gasteiger partial charge on any atom is -0.464 e. The SMILES string of the molecule is COC(=O)c1ccc([C@H](C)N2CCO[C@@H](c3ccc(C)o3)C2)o1. The summed E-state index contributed by atoms with van der Waals surface area (Å²) in [5.41, 5.74) is 0. The van der Waals surface area contributed by atoms with Crippen LogP contribution in [0.5, 0.6) is 0 Å². The van der Waals surface area contributed by atoms with E-state index in [0.717, 1.165) is 23.8 Å². The molecule has 2 aromatic rings. The van der Waals surface area contributed by atoms with Crippen LogP contribution in [0, 0.1) is 6.92 Å². The Morgan fingerprint density at radius 1 is 1.30 bits per heavy atom. The first-order chi connectivity index (χ1) is 11.1. The van der Waals surface area contributed by atoms with Gasteiger partial charge < -0.3 is 18.3 Å². The molecule has 1 aliphatic heterocycles. The summed E-state index contributed by atoms with van der Waals surface area (Å²) in [4.78, 5) is 13.8. The number of esters is 1. The molecule has 6 heteroatoms. The Morgan fingerprint density at radius 3 is 2.83 bits per heavy atom. The summed E-state index contributed by atoms with van der Waals surface area (Å²) < 4.78 is 21.8. The van der Waals surface area contributed by atoms with E-state index in [9.17, 15) is 4.79 Å². The molecule has 2 aromatic heterocycles. The van der Waals surface area contributed by atoms with Crippen LogP contribution >= 0.6 is 0 Å². The van der Waals surface area contributed by atoms with Crippen molar-refractivity contribution in [3.05, 3.63) is 47.3 Å². The lowest BCUT2D eigenvalue weighted by molar-refractivity contribution is -0.0549. The number of aryl methyl sites for hydroxylation is 1. The van der Waals surface area contributed by atoms with Gasteiger partial charge in [0.2, 0.25) is 5.76 Å². The van der Waals surface area contributed by atoms with Crippen molar-refractivity contribution in [2.24, 2.45) is 0 Å². The number of hydrogen-bond donors (Lipinski definition) is 0. The number of carbonyl (C=O) groups is 1. The number of rotatable bonds is 4. The third kappa shape index (κ3) is 3.33. The molecule has 1 aliphatic rings. The minimum atomic E-state index is -0.464. The molecule has 0 spiro atoms. The first-order valence-electron chi connectivity index (χ1n) is 7.68. The molecule has 0 saturated carbocycles. The van der Waals surface area contributed by atoms with E-state index < -0.39 is 5.97 Å². The van der Waals surface area contributed by atoms with Gasteiger partial charge in [-0.15, -0.1) is 0 Å². The molecular weight excluding hydrogens is 298 g/mol. The van der Waals surface area contributed by atoms with Crippen LogP contribution in [0.15, 0.2) is 33.1 Å². The zero-order valence-electron chi connectivity index (χ0n) is 13.6. The Hall–Kier alpha value is -2.05. The topological polar surface area (TPSA) is 65.0 Å². The third-order valence-electron chi connectivity index (χ3n) is 4.15. The Kier molecular flexibility index (Phi) is 4.54. The molecule has 0 unspecified atom stereocenters. The second kappa shape index (κ2) is 6.60. The monoisotopic (exact) mass is 319 g/mol. The maximum Gasteiger partial charge on any atom is 0.373 e. The van der Waals surface area contributed by atoms with Gasteiger partial charge in [-0.2, -0.15) is 0 Å². The van der Waals surface area contributed by atoms with Crippen molar-refractivity contribution in [3.8, 4) is 0 Å². The quantitative estimate of drug-likeness (QED) is 0.807. The molecule has 2 atom stereocenters. The number of carbonyl (C=O) groups excluding carboxylic acids is 1. The molecule has 1 saturated heterocycles. The van der Waals surface area contributed by atoms with Crippen molar-refractivity contribution in [3.63, 3.8) is 0 Å². The summed E-state index contributed by atoms with van der Waals surface area (Å²) in [5, 5.41) is 0. The Balaban J connectivity index is 1.70. The largest absolute Gasteiger partial charge is 0.464 e. The average molecular weight is 319 g/mol. The van der Waals surface area contributed by atoms with Gasteiger partial charge in [0.1, 0.15) is 23.4 Å². The second-order valence-electron chi connectivity index (χ2n) is 5.67. The van der Waals surface area contributed by atoms with Gasteiger partial charge in [-0.05, 0) is 38.1 Å². The molecule has 1 fully saturated rings. The summed E-state index contributed by atoms with van der Waals surface area (Å²) in [6.45, 7) is 6.10. The summed E-state index contributed by atoms with van der Waals surface area (Å²) in [7, 11) is 1.34. The summed E-state index contributed by atoms with van der Waals surface area (Å²) in [6.07, 6.45) is -0.0880. The molecule has 3 heterocycles. The standard InChI is InChI=1S/C17H21NO5/c1-11-4-5-14(22-11)16-10-18(8-9-21-16)12(2)13-6-7-15(23-13)17(19)20-3/h4-7,12,16H,8-10H2,1-3H3/t12-,16+/m0/s1. The second-order valence-corrected chi connectivity index (χ2v) is 5.67. The Labute approximate surface area is 135 Å². The van der Waals surface area contributed by atoms with Crippen LogP contribution in [0.1, 0.15) is 46.9 Å². The molecule has 0 bridgehead atoms. The van der Waals surface area contributed by atoms with Gasteiger partial charge in [0.15, 0.2) is 0 Å². The molecule has 3 rings (SSSR count). The highest BCUT2D eigenvalue weighted by Crippen LogP contribution is 2.30. The third-order valence-corrected chi connectivity index (χ3v) is 4.15. The van der Waals surface area contributed by atoms with Gasteiger partial charge >= 0.3 is 5.97 Å². The number of methoxy groups -OCH3 is 1. The van der Waals surface area contributed by atoms with Gasteiger partial charge in [0, 0.05) is 13.1 Å². The van der Waals surface area contributed by atoms with Gasteiger partial charge in [-0.1, -0.05) is 0 Å². The van der Waals surface area contributed by atoms with E-state index >= 15 is 0 Å². The number of hydrogen-bond acceptors (Lipinski definition) is 6. The molecular formula is C17H21NO5. The number of ether oxygens (including phenoxy) is 2. The van der Waals surface area contributed by atoms with Crippen molar-refractivity contribution in [1.29, 1.82) is 0 Å². The van der Waals surface area contributed by atoms with E-state index in [0.29, 0.717) is 13.2 Å². The average Bonchev–Trinajstić information content (AvgIpc) is 3.23. The van der Waals surface area contributed by atoms with E-state index in [4.69, 9.17) is 13.6 Å². The summed E-state index contributed by atoms with van der Waals surface area (Å²) >= 11 is 0.